The van der Waals surface area contributed by atoms with Crippen LogP contribution < -0.4 is 10.2 Å². The Hall–Kier alpha value is -2.44. The molecule has 1 N–H and O–H groups in total. The largest absolute Gasteiger partial charge is 0.355 e. The Labute approximate surface area is 184 Å². The minimum Gasteiger partial charge on any atom is -0.355 e. The van der Waals surface area contributed by atoms with Crippen molar-refractivity contribution in [3.8, 4) is 0 Å². The number of piperidine rings is 1. The molecule has 3 aliphatic heterocycles. The summed E-state index contributed by atoms with van der Waals surface area (Å²) in [7, 11) is 2.30. The predicted octanol–water partition coefficient (Wildman–Crippen LogP) is 3.88. The Morgan fingerprint density at radius 2 is 1.77 bits per heavy atom. The molecule has 6 heterocycles. The minimum atomic E-state index is 0.275. The number of fused-ring (bicyclic) bond motifs is 3. The molecule has 0 amide bonds. The molecular formula is C25H32N6. The fourth-order valence-electron chi connectivity index (χ4n) is 5.99. The number of aryl methyl sites for hydroxylation is 1. The average molecular weight is 417 g/mol. The number of hydrogen-bond acceptors (Lipinski definition) is 5. The summed E-state index contributed by atoms with van der Waals surface area (Å²) in [5.41, 5.74) is 4.66. The molecule has 3 fully saturated rings. The van der Waals surface area contributed by atoms with E-state index in [4.69, 9.17) is 4.98 Å². The summed E-state index contributed by atoms with van der Waals surface area (Å²) in [5.74, 6) is 1.29. The molecule has 4 atom stereocenters. The lowest BCUT2D eigenvalue weighted by atomic mass is 9.93. The first-order valence-electron chi connectivity index (χ1n) is 11.8. The Balaban J connectivity index is 1.29. The Morgan fingerprint density at radius 1 is 0.968 bits per heavy atom. The Morgan fingerprint density at radius 3 is 2.58 bits per heavy atom. The van der Waals surface area contributed by atoms with E-state index < -0.39 is 0 Å². The second-order valence-electron chi connectivity index (χ2n) is 9.64. The first-order chi connectivity index (χ1) is 15.2. The summed E-state index contributed by atoms with van der Waals surface area (Å²) in [4.78, 5) is 14.9. The maximum absolute atomic E-state index is 5.05. The quantitative estimate of drug-likeness (QED) is 0.702. The van der Waals surface area contributed by atoms with Gasteiger partial charge in [-0.05, 0) is 69.8 Å². The lowest BCUT2D eigenvalue weighted by molar-refractivity contribution is 0.211. The maximum Gasteiger partial charge on any atom is 0.138 e. The molecule has 0 aliphatic carbocycles. The standard InChI is InChI=1S/C25H32N6/c1-17-6-5-13-26-25(17)21-8-3-7-20(27-21)22-16-31-23(28-22)9-4-10-24(31)30-14-18-11-12-19(15-30)29(18)2/h4-6,9-10,13,16,18-21,27H,3,7-8,11-12,14-15H2,1-2H3/t18?,19?,20-,21+/m1/s1. The van der Waals surface area contributed by atoms with Crippen molar-refractivity contribution in [3.63, 3.8) is 0 Å². The zero-order chi connectivity index (χ0) is 20.9. The van der Waals surface area contributed by atoms with Gasteiger partial charge < -0.3 is 10.2 Å². The topological polar surface area (TPSA) is 48.7 Å². The van der Waals surface area contributed by atoms with E-state index in [1.807, 2.05) is 12.3 Å². The van der Waals surface area contributed by atoms with Crippen molar-refractivity contribution < 1.29 is 0 Å². The summed E-state index contributed by atoms with van der Waals surface area (Å²) in [6.45, 7) is 4.39. The van der Waals surface area contributed by atoms with Crippen LogP contribution in [0.2, 0.25) is 0 Å². The van der Waals surface area contributed by atoms with Crippen molar-refractivity contribution in [1.82, 2.24) is 24.6 Å². The minimum absolute atomic E-state index is 0.275. The van der Waals surface area contributed by atoms with Crippen LogP contribution in [-0.2, 0) is 0 Å². The third kappa shape index (κ3) is 3.33. The van der Waals surface area contributed by atoms with Crippen molar-refractivity contribution in [2.75, 3.05) is 25.0 Å². The summed E-state index contributed by atoms with van der Waals surface area (Å²) >= 11 is 0. The van der Waals surface area contributed by atoms with Gasteiger partial charge in [-0.3, -0.25) is 14.3 Å². The highest BCUT2D eigenvalue weighted by Gasteiger charge is 2.38. The molecule has 0 saturated carbocycles. The average Bonchev–Trinajstić information content (AvgIpc) is 3.30. The number of imidazole rings is 1. The first-order valence-corrected chi connectivity index (χ1v) is 11.8. The molecule has 6 heteroatoms. The number of nitrogens with zero attached hydrogens (tertiary/aromatic N) is 5. The van der Waals surface area contributed by atoms with Crippen LogP contribution in [-0.4, -0.2) is 51.5 Å². The molecule has 6 nitrogen and oxygen atoms in total. The zero-order valence-corrected chi connectivity index (χ0v) is 18.5. The van der Waals surface area contributed by atoms with Crippen molar-refractivity contribution in [1.29, 1.82) is 0 Å². The summed E-state index contributed by atoms with van der Waals surface area (Å²) in [5, 5.41) is 3.86. The number of nitrogens with one attached hydrogen (secondary N) is 1. The summed E-state index contributed by atoms with van der Waals surface area (Å²) in [6.07, 6.45) is 10.3. The number of rotatable bonds is 3. The third-order valence-corrected chi connectivity index (χ3v) is 7.79. The van der Waals surface area contributed by atoms with E-state index in [9.17, 15) is 0 Å². The van der Waals surface area contributed by atoms with Crippen LogP contribution >= 0.6 is 0 Å². The molecule has 0 radical (unpaired) electrons. The van der Waals surface area contributed by atoms with Crippen molar-refractivity contribution in [2.45, 2.75) is 63.2 Å². The van der Waals surface area contributed by atoms with Gasteiger partial charge in [0.1, 0.15) is 11.5 Å². The van der Waals surface area contributed by atoms with Gasteiger partial charge in [0.15, 0.2) is 0 Å². The molecule has 0 spiro atoms. The Bertz CT molecular complexity index is 1080. The second kappa shape index (κ2) is 7.61. The van der Waals surface area contributed by atoms with Crippen LogP contribution in [0.5, 0.6) is 0 Å². The first kappa shape index (κ1) is 19.3. The zero-order valence-electron chi connectivity index (χ0n) is 18.5. The van der Waals surface area contributed by atoms with Crippen LogP contribution in [0.15, 0.2) is 42.7 Å². The van der Waals surface area contributed by atoms with Gasteiger partial charge in [0.05, 0.1) is 23.5 Å². The van der Waals surface area contributed by atoms with Gasteiger partial charge in [-0.2, -0.15) is 0 Å². The van der Waals surface area contributed by atoms with E-state index in [1.165, 1.54) is 36.3 Å². The molecule has 6 rings (SSSR count). The summed E-state index contributed by atoms with van der Waals surface area (Å²) in [6, 6.07) is 12.7. The fraction of sp³-hybridized carbons (Fsp3) is 0.520. The van der Waals surface area contributed by atoms with E-state index >= 15 is 0 Å². The molecule has 3 saturated heterocycles. The number of hydrogen-bond donors (Lipinski definition) is 1. The predicted molar refractivity (Wildman–Crippen MR) is 123 cm³/mol. The maximum atomic E-state index is 5.05. The molecule has 3 aromatic heterocycles. The SMILES string of the molecule is Cc1cccnc1[C@@H]1CCC[C@H](c2cn3c(N4CC5CCC(C4)N5C)cccc3n2)N1. The van der Waals surface area contributed by atoms with Gasteiger partial charge in [0.2, 0.25) is 0 Å². The van der Waals surface area contributed by atoms with E-state index in [2.05, 4.69) is 68.9 Å². The number of anilines is 1. The van der Waals surface area contributed by atoms with E-state index in [0.29, 0.717) is 18.1 Å². The van der Waals surface area contributed by atoms with Crippen molar-refractivity contribution in [2.24, 2.45) is 0 Å². The van der Waals surface area contributed by atoms with Gasteiger partial charge in [0, 0.05) is 37.6 Å². The highest BCUT2D eigenvalue weighted by molar-refractivity contribution is 5.53. The van der Waals surface area contributed by atoms with Gasteiger partial charge in [-0.15, -0.1) is 0 Å². The highest BCUT2D eigenvalue weighted by atomic mass is 15.3. The van der Waals surface area contributed by atoms with Crippen LogP contribution in [0.3, 0.4) is 0 Å². The lowest BCUT2D eigenvalue weighted by Crippen LogP contribution is -2.52. The van der Waals surface area contributed by atoms with Crippen molar-refractivity contribution >= 4 is 11.5 Å². The van der Waals surface area contributed by atoms with E-state index in [0.717, 1.165) is 37.3 Å². The second-order valence-corrected chi connectivity index (χ2v) is 9.64. The molecular weight excluding hydrogens is 384 g/mol. The Kier molecular flexibility index (Phi) is 4.73. The van der Waals surface area contributed by atoms with E-state index in [-0.39, 0.29) is 6.04 Å². The number of pyridine rings is 2. The molecule has 0 aromatic carbocycles. The van der Waals surface area contributed by atoms with Gasteiger partial charge in [-0.25, -0.2) is 4.98 Å². The molecule has 3 aliphatic rings. The van der Waals surface area contributed by atoms with Crippen LogP contribution in [0, 0.1) is 6.92 Å². The summed E-state index contributed by atoms with van der Waals surface area (Å²) < 4.78 is 2.32. The molecule has 2 bridgehead atoms. The number of aromatic nitrogens is 3. The number of likely N-dealkylation sites (N-methyl/N-ethyl adjacent to an activating group) is 1. The smallest absolute Gasteiger partial charge is 0.138 e. The number of piperazine rings is 1. The third-order valence-electron chi connectivity index (χ3n) is 7.79. The molecule has 2 unspecified atom stereocenters. The lowest BCUT2D eigenvalue weighted by Gasteiger charge is -2.40. The monoisotopic (exact) mass is 416 g/mol. The van der Waals surface area contributed by atoms with Crippen LogP contribution in [0.25, 0.3) is 5.65 Å². The molecule has 3 aromatic rings. The van der Waals surface area contributed by atoms with Gasteiger partial charge in [-0.1, -0.05) is 12.1 Å². The molecule has 31 heavy (non-hydrogen) atoms. The normalized spacial score (nSPS) is 29.0. The fourth-order valence-corrected chi connectivity index (χ4v) is 5.99. The molecule has 162 valence electrons. The van der Waals surface area contributed by atoms with Gasteiger partial charge in [0.25, 0.3) is 0 Å². The highest BCUT2D eigenvalue weighted by Crippen LogP contribution is 2.35. The van der Waals surface area contributed by atoms with Gasteiger partial charge >= 0.3 is 0 Å². The van der Waals surface area contributed by atoms with Crippen LogP contribution in [0.4, 0.5) is 5.82 Å². The van der Waals surface area contributed by atoms with Crippen molar-refractivity contribution in [3.05, 3.63) is 59.7 Å². The van der Waals surface area contributed by atoms with E-state index in [1.54, 1.807) is 0 Å². The van der Waals surface area contributed by atoms with Crippen LogP contribution in [0.1, 0.15) is 61.1 Å².